The Morgan fingerprint density at radius 1 is 1.33 bits per heavy atom. The molecule has 2 nitrogen and oxygen atoms in total. The fourth-order valence-electron chi connectivity index (χ4n) is 1.09. The lowest BCUT2D eigenvalue weighted by atomic mass is 10.2. The van der Waals surface area contributed by atoms with Crippen LogP contribution in [0.1, 0.15) is 24.2 Å². The highest BCUT2D eigenvalue weighted by atomic mass is 79.9. The number of benzene rings is 1. The molecule has 0 spiro atoms. The van der Waals surface area contributed by atoms with Crippen molar-refractivity contribution in [2.45, 2.75) is 19.9 Å². The number of hydrogen-bond acceptors (Lipinski definition) is 1. The molecule has 0 fully saturated rings. The van der Waals surface area contributed by atoms with Crippen molar-refractivity contribution in [1.29, 1.82) is 0 Å². The Labute approximate surface area is 107 Å². The Kier molecular flexibility index (Phi) is 4.34. The zero-order valence-corrected chi connectivity index (χ0v) is 12.1. The highest BCUT2D eigenvalue weighted by Crippen LogP contribution is 2.23. The molecular weight excluding hydrogens is 322 g/mol. The Hall–Kier alpha value is -0.350. The molecule has 0 aliphatic rings. The first-order valence-corrected chi connectivity index (χ1v) is 6.24. The minimum Gasteiger partial charge on any atom is -0.339 e. The Balaban J connectivity index is 3.05. The number of halogens is 2. The Morgan fingerprint density at radius 2 is 1.93 bits per heavy atom. The number of rotatable bonds is 2. The average Bonchev–Trinajstić information content (AvgIpc) is 2.19. The Morgan fingerprint density at radius 3 is 2.47 bits per heavy atom. The fourth-order valence-corrected chi connectivity index (χ4v) is 1.86. The summed E-state index contributed by atoms with van der Waals surface area (Å²) in [5.74, 6) is 0.0261. The standard InChI is InChI=1S/C11H13Br2NO/c1-7(2)14(3)11(15)9-6-8(12)4-5-10(9)13/h4-7H,1-3H3. The van der Waals surface area contributed by atoms with Gasteiger partial charge in [-0.25, -0.2) is 0 Å². The van der Waals surface area contributed by atoms with E-state index in [9.17, 15) is 4.79 Å². The molecule has 0 aliphatic carbocycles. The normalized spacial score (nSPS) is 10.5. The molecule has 0 unspecified atom stereocenters. The van der Waals surface area contributed by atoms with Gasteiger partial charge in [-0.05, 0) is 48.0 Å². The van der Waals surface area contributed by atoms with Gasteiger partial charge in [-0.1, -0.05) is 15.9 Å². The molecular formula is C11H13Br2NO. The van der Waals surface area contributed by atoms with Crippen LogP contribution in [0, 0.1) is 0 Å². The minimum absolute atomic E-state index is 0.0261. The molecule has 1 aromatic carbocycles. The van der Waals surface area contributed by atoms with E-state index in [1.165, 1.54) is 0 Å². The van der Waals surface area contributed by atoms with Gasteiger partial charge in [0.15, 0.2) is 0 Å². The second-order valence-electron chi connectivity index (χ2n) is 3.63. The van der Waals surface area contributed by atoms with Gasteiger partial charge < -0.3 is 4.90 Å². The molecule has 0 aromatic heterocycles. The molecule has 1 aromatic rings. The number of nitrogens with zero attached hydrogens (tertiary/aromatic N) is 1. The van der Waals surface area contributed by atoms with Gasteiger partial charge in [-0.2, -0.15) is 0 Å². The summed E-state index contributed by atoms with van der Waals surface area (Å²) in [7, 11) is 1.81. The number of carbonyl (C=O) groups excluding carboxylic acids is 1. The molecule has 15 heavy (non-hydrogen) atoms. The van der Waals surface area contributed by atoms with Crippen molar-refractivity contribution in [3.05, 3.63) is 32.7 Å². The van der Waals surface area contributed by atoms with E-state index >= 15 is 0 Å². The molecule has 0 saturated heterocycles. The first-order valence-electron chi connectivity index (χ1n) is 4.65. The van der Waals surface area contributed by atoms with Crippen LogP contribution in [-0.2, 0) is 0 Å². The van der Waals surface area contributed by atoms with Gasteiger partial charge >= 0.3 is 0 Å². The van der Waals surface area contributed by atoms with E-state index in [1.807, 2.05) is 32.0 Å². The maximum Gasteiger partial charge on any atom is 0.255 e. The van der Waals surface area contributed by atoms with Gasteiger partial charge in [0.05, 0.1) is 5.56 Å². The van der Waals surface area contributed by atoms with Crippen LogP contribution in [0.5, 0.6) is 0 Å². The van der Waals surface area contributed by atoms with Crippen molar-refractivity contribution >= 4 is 37.8 Å². The first kappa shape index (κ1) is 12.7. The lowest BCUT2D eigenvalue weighted by Gasteiger charge is -2.22. The summed E-state index contributed by atoms with van der Waals surface area (Å²) in [5.41, 5.74) is 0.681. The summed E-state index contributed by atoms with van der Waals surface area (Å²) < 4.78 is 1.73. The maximum atomic E-state index is 12.0. The predicted octanol–water partition coefficient (Wildman–Crippen LogP) is 3.69. The van der Waals surface area contributed by atoms with Gasteiger partial charge in [-0.3, -0.25) is 4.79 Å². The van der Waals surface area contributed by atoms with E-state index in [1.54, 1.807) is 11.9 Å². The maximum absolute atomic E-state index is 12.0. The van der Waals surface area contributed by atoms with Crippen LogP contribution in [0.2, 0.25) is 0 Å². The van der Waals surface area contributed by atoms with Crippen molar-refractivity contribution in [3.8, 4) is 0 Å². The van der Waals surface area contributed by atoms with Gasteiger partial charge in [-0.15, -0.1) is 0 Å². The SMILES string of the molecule is CC(C)N(C)C(=O)c1cc(Br)ccc1Br. The highest BCUT2D eigenvalue weighted by Gasteiger charge is 2.16. The molecule has 0 atom stereocenters. The molecule has 4 heteroatoms. The first-order chi connectivity index (χ1) is 6.93. The Bertz CT molecular complexity index is 377. The number of hydrogen-bond donors (Lipinski definition) is 0. The summed E-state index contributed by atoms with van der Waals surface area (Å²) in [6.07, 6.45) is 0. The van der Waals surface area contributed by atoms with Crippen LogP contribution < -0.4 is 0 Å². The molecule has 0 bridgehead atoms. The summed E-state index contributed by atoms with van der Waals surface area (Å²) in [6, 6.07) is 5.79. The quantitative estimate of drug-likeness (QED) is 0.807. The summed E-state index contributed by atoms with van der Waals surface area (Å²) in [4.78, 5) is 13.7. The topological polar surface area (TPSA) is 20.3 Å². The van der Waals surface area contributed by atoms with Crippen LogP contribution in [0.15, 0.2) is 27.1 Å². The number of amides is 1. The summed E-state index contributed by atoms with van der Waals surface area (Å²) in [6.45, 7) is 3.98. The van der Waals surface area contributed by atoms with E-state index in [2.05, 4.69) is 31.9 Å². The number of carbonyl (C=O) groups is 1. The third-order valence-electron chi connectivity index (χ3n) is 2.25. The lowest BCUT2D eigenvalue weighted by molar-refractivity contribution is 0.0754. The van der Waals surface area contributed by atoms with Gasteiger partial charge in [0.1, 0.15) is 0 Å². The van der Waals surface area contributed by atoms with E-state index in [-0.39, 0.29) is 11.9 Å². The monoisotopic (exact) mass is 333 g/mol. The van der Waals surface area contributed by atoms with Crippen LogP contribution in [0.25, 0.3) is 0 Å². The summed E-state index contributed by atoms with van der Waals surface area (Å²) in [5, 5.41) is 0. The second-order valence-corrected chi connectivity index (χ2v) is 5.40. The average molecular weight is 335 g/mol. The fraction of sp³-hybridized carbons (Fsp3) is 0.364. The molecule has 0 heterocycles. The lowest BCUT2D eigenvalue weighted by Crippen LogP contribution is -2.33. The van der Waals surface area contributed by atoms with Gasteiger partial charge in [0.25, 0.3) is 5.91 Å². The van der Waals surface area contributed by atoms with Crippen molar-refractivity contribution in [2.24, 2.45) is 0 Å². The van der Waals surface area contributed by atoms with Crippen molar-refractivity contribution in [1.82, 2.24) is 4.90 Å². The van der Waals surface area contributed by atoms with Crippen LogP contribution in [-0.4, -0.2) is 23.9 Å². The summed E-state index contributed by atoms with van der Waals surface area (Å²) >= 11 is 6.74. The highest BCUT2D eigenvalue weighted by molar-refractivity contribution is 9.11. The van der Waals surface area contributed by atoms with E-state index in [0.717, 1.165) is 8.95 Å². The van der Waals surface area contributed by atoms with E-state index in [0.29, 0.717) is 5.56 Å². The van der Waals surface area contributed by atoms with Crippen molar-refractivity contribution in [3.63, 3.8) is 0 Å². The van der Waals surface area contributed by atoms with Gasteiger partial charge in [0.2, 0.25) is 0 Å². The van der Waals surface area contributed by atoms with Crippen molar-refractivity contribution < 1.29 is 4.79 Å². The van der Waals surface area contributed by atoms with Crippen LogP contribution in [0.4, 0.5) is 0 Å². The third kappa shape index (κ3) is 3.05. The molecule has 82 valence electrons. The molecule has 0 N–H and O–H groups in total. The molecule has 1 rings (SSSR count). The molecule has 0 radical (unpaired) electrons. The smallest absolute Gasteiger partial charge is 0.255 e. The van der Waals surface area contributed by atoms with Gasteiger partial charge in [0, 0.05) is 22.0 Å². The zero-order valence-electron chi connectivity index (χ0n) is 8.92. The van der Waals surface area contributed by atoms with Crippen LogP contribution in [0.3, 0.4) is 0 Å². The van der Waals surface area contributed by atoms with Crippen LogP contribution >= 0.6 is 31.9 Å². The van der Waals surface area contributed by atoms with E-state index in [4.69, 9.17) is 0 Å². The molecule has 1 amide bonds. The second kappa shape index (κ2) is 5.12. The molecule has 0 saturated carbocycles. The minimum atomic E-state index is 0.0261. The predicted molar refractivity (Wildman–Crippen MR) is 69.1 cm³/mol. The molecule has 0 aliphatic heterocycles. The zero-order chi connectivity index (χ0) is 11.6. The third-order valence-corrected chi connectivity index (χ3v) is 3.44. The van der Waals surface area contributed by atoms with E-state index < -0.39 is 0 Å². The largest absolute Gasteiger partial charge is 0.339 e. The van der Waals surface area contributed by atoms with Crippen molar-refractivity contribution in [2.75, 3.05) is 7.05 Å².